The molecule has 29 heavy (non-hydrogen) atoms. The topological polar surface area (TPSA) is 43.9 Å². The third kappa shape index (κ3) is 4.31. The molecule has 4 rings (SSSR count). The smallest absolute Gasteiger partial charge is 0.239 e. The van der Waals surface area contributed by atoms with Gasteiger partial charge in [0.15, 0.2) is 0 Å². The quantitative estimate of drug-likeness (QED) is 0.725. The molecule has 1 atom stereocenters. The second-order valence-electron chi connectivity index (χ2n) is 7.85. The Morgan fingerprint density at radius 3 is 2.48 bits per heavy atom. The van der Waals surface area contributed by atoms with Gasteiger partial charge < -0.3 is 9.80 Å². The summed E-state index contributed by atoms with van der Waals surface area (Å²) in [6.45, 7) is 6.42. The maximum absolute atomic E-state index is 13.0. The highest BCUT2D eigenvalue weighted by Gasteiger charge is 2.40. The number of carbonyl (C=O) groups is 2. The molecule has 2 aliphatic rings. The van der Waals surface area contributed by atoms with Crippen molar-refractivity contribution in [1.82, 2.24) is 9.80 Å². The van der Waals surface area contributed by atoms with E-state index in [-0.39, 0.29) is 11.8 Å². The monoisotopic (exact) mass is 411 g/mol. The Morgan fingerprint density at radius 2 is 1.76 bits per heavy atom. The first-order valence-electron chi connectivity index (χ1n) is 10.2. The number of nitrogens with zero attached hydrogens (tertiary/aromatic N) is 3. The van der Waals surface area contributed by atoms with E-state index < -0.39 is 5.92 Å². The molecule has 6 heteroatoms. The van der Waals surface area contributed by atoms with E-state index in [4.69, 9.17) is 11.6 Å². The first-order valence-corrected chi connectivity index (χ1v) is 10.5. The van der Waals surface area contributed by atoms with Crippen LogP contribution in [0.25, 0.3) is 0 Å². The maximum Gasteiger partial charge on any atom is 0.239 e. The lowest BCUT2D eigenvalue weighted by Crippen LogP contribution is -2.51. The van der Waals surface area contributed by atoms with Gasteiger partial charge in [0.2, 0.25) is 11.8 Å². The van der Waals surface area contributed by atoms with E-state index in [1.807, 2.05) is 48.2 Å². The van der Waals surface area contributed by atoms with E-state index >= 15 is 0 Å². The molecule has 0 bridgehead atoms. The van der Waals surface area contributed by atoms with Crippen molar-refractivity contribution < 1.29 is 9.59 Å². The Labute approximate surface area is 176 Å². The van der Waals surface area contributed by atoms with Crippen LogP contribution in [-0.4, -0.2) is 54.3 Å². The SMILES string of the molecule is Cc1ccc(Cl)cc1N1CCC(C(=O)N2CCN(Cc3ccccc3)CC2)C1=O. The molecule has 2 aromatic rings. The van der Waals surface area contributed by atoms with Crippen LogP contribution in [0.3, 0.4) is 0 Å². The van der Waals surface area contributed by atoms with Gasteiger partial charge >= 0.3 is 0 Å². The Morgan fingerprint density at radius 1 is 1.03 bits per heavy atom. The van der Waals surface area contributed by atoms with Gasteiger partial charge in [-0.15, -0.1) is 0 Å². The minimum absolute atomic E-state index is 0.0310. The Hall–Kier alpha value is -2.37. The van der Waals surface area contributed by atoms with Crippen molar-refractivity contribution in [3.63, 3.8) is 0 Å². The highest BCUT2D eigenvalue weighted by Crippen LogP contribution is 2.31. The number of aryl methyl sites for hydroxylation is 1. The van der Waals surface area contributed by atoms with Crippen LogP contribution in [0.15, 0.2) is 48.5 Å². The Balaban J connectivity index is 1.36. The summed E-state index contributed by atoms with van der Waals surface area (Å²) in [5.74, 6) is -0.710. The van der Waals surface area contributed by atoms with E-state index in [1.165, 1.54) is 5.56 Å². The van der Waals surface area contributed by atoms with Crippen LogP contribution >= 0.6 is 11.6 Å². The first-order chi connectivity index (χ1) is 14.0. The van der Waals surface area contributed by atoms with E-state index in [0.29, 0.717) is 31.1 Å². The van der Waals surface area contributed by atoms with Crippen molar-refractivity contribution in [2.45, 2.75) is 19.9 Å². The summed E-state index contributed by atoms with van der Waals surface area (Å²) in [6.07, 6.45) is 0.563. The van der Waals surface area contributed by atoms with Crippen LogP contribution in [0.4, 0.5) is 5.69 Å². The number of rotatable bonds is 4. The van der Waals surface area contributed by atoms with Crippen molar-refractivity contribution in [1.29, 1.82) is 0 Å². The van der Waals surface area contributed by atoms with E-state index in [2.05, 4.69) is 17.0 Å². The van der Waals surface area contributed by atoms with Gasteiger partial charge in [0.1, 0.15) is 5.92 Å². The molecule has 2 fully saturated rings. The predicted octanol–water partition coefficient (Wildman–Crippen LogP) is 3.35. The number of piperazine rings is 1. The summed E-state index contributed by atoms with van der Waals surface area (Å²) in [7, 11) is 0. The van der Waals surface area contributed by atoms with Crippen molar-refractivity contribution in [2.24, 2.45) is 5.92 Å². The zero-order valence-electron chi connectivity index (χ0n) is 16.7. The normalized spacial score (nSPS) is 20.3. The fourth-order valence-corrected chi connectivity index (χ4v) is 4.38. The van der Waals surface area contributed by atoms with Gasteiger partial charge in [-0.1, -0.05) is 48.0 Å². The maximum atomic E-state index is 13.0. The molecule has 0 aliphatic carbocycles. The third-order valence-electron chi connectivity index (χ3n) is 5.90. The number of halogens is 1. The molecule has 2 amide bonds. The van der Waals surface area contributed by atoms with E-state index in [0.717, 1.165) is 30.9 Å². The lowest BCUT2D eigenvalue weighted by Gasteiger charge is -2.35. The number of amides is 2. The average molecular weight is 412 g/mol. The van der Waals surface area contributed by atoms with Crippen LogP contribution in [0, 0.1) is 12.8 Å². The van der Waals surface area contributed by atoms with Gasteiger partial charge in [-0.2, -0.15) is 0 Å². The number of benzene rings is 2. The number of carbonyl (C=O) groups excluding carboxylic acids is 2. The molecule has 0 spiro atoms. The molecular formula is C23H26ClN3O2. The minimum atomic E-state index is -0.575. The fraction of sp³-hybridized carbons (Fsp3) is 0.391. The van der Waals surface area contributed by atoms with Gasteiger partial charge in [0.05, 0.1) is 0 Å². The molecule has 0 N–H and O–H groups in total. The molecule has 2 aromatic carbocycles. The van der Waals surface area contributed by atoms with Gasteiger partial charge in [0.25, 0.3) is 0 Å². The zero-order chi connectivity index (χ0) is 20.4. The summed E-state index contributed by atoms with van der Waals surface area (Å²) in [4.78, 5) is 32.0. The predicted molar refractivity (Wildman–Crippen MR) is 115 cm³/mol. The number of anilines is 1. The molecular weight excluding hydrogens is 386 g/mol. The van der Waals surface area contributed by atoms with Crippen molar-refractivity contribution >= 4 is 29.1 Å². The van der Waals surface area contributed by atoms with Crippen molar-refractivity contribution in [3.05, 3.63) is 64.7 Å². The second kappa shape index (κ2) is 8.56. The average Bonchev–Trinajstić information content (AvgIpc) is 3.12. The Bertz CT molecular complexity index is 894. The van der Waals surface area contributed by atoms with Crippen LogP contribution in [0.1, 0.15) is 17.5 Å². The van der Waals surface area contributed by atoms with E-state index in [9.17, 15) is 9.59 Å². The molecule has 2 aliphatic heterocycles. The fourth-order valence-electron chi connectivity index (χ4n) is 4.21. The van der Waals surface area contributed by atoms with Crippen molar-refractivity contribution in [3.8, 4) is 0 Å². The number of hydrogen-bond donors (Lipinski definition) is 0. The molecule has 2 heterocycles. The van der Waals surface area contributed by atoms with Gasteiger partial charge in [0, 0.05) is 50.0 Å². The first kappa shape index (κ1) is 19.9. The largest absolute Gasteiger partial charge is 0.339 e. The lowest BCUT2D eigenvalue weighted by atomic mass is 10.1. The minimum Gasteiger partial charge on any atom is -0.339 e. The molecule has 1 unspecified atom stereocenters. The highest BCUT2D eigenvalue weighted by molar-refractivity contribution is 6.31. The summed E-state index contributed by atoms with van der Waals surface area (Å²) in [5.41, 5.74) is 3.08. The third-order valence-corrected chi connectivity index (χ3v) is 6.13. The summed E-state index contributed by atoms with van der Waals surface area (Å²) in [6, 6.07) is 15.9. The summed E-state index contributed by atoms with van der Waals surface area (Å²) < 4.78 is 0. The van der Waals surface area contributed by atoms with Crippen LogP contribution in [0.2, 0.25) is 5.02 Å². The molecule has 5 nitrogen and oxygen atoms in total. The molecule has 0 saturated carbocycles. The molecule has 0 aromatic heterocycles. The van der Waals surface area contributed by atoms with Crippen LogP contribution in [0.5, 0.6) is 0 Å². The molecule has 0 radical (unpaired) electrons. The summed E-state index contributed by atoms with van der Waals surface area (Å²) >= 11 is 6.12. The van der Waals surface area contributed by atoms with Gasteiger partial charge in [-0.3, -0.25) is 14.5 Å². The highest BCUT2D eigenvalue weighted by atomic mass is 35.5. The second-order valence-corrected chi connectivity index (χ2v) is 8.29. The van der Waals surface area contributed by atoms with Gasteiger partial charge in [-0.25, -0.2) is 0 Å². The summed E-state index contributed by atoms with van der Waals surface area (Å²) in [5, 5.41) is 0.600. The van der Waals surface area contributed by atoms with E-state index in [1.54, 1.807) is 4.90 Å². The molecule has 152 valence electrons. The zero-order valence-corrected chi connectivity index (χ0v) is 17.4. The molecule has 2 saturated heterocycles. The van der Waals surface area contributed by atoms with Crippen molar-refractivity contribution in [2.75, 3.05) is 37.6 Å². The van der Waals surface area contributed by atoms with Crippen LogP contribution in [-0.2, 0) is 16.1 Å². The standard InChI is InChI=1S/C23H26ClN3O2/c1-17-7-8-19(24)15-21(17)27-10-9-20(23(27)29)22(28)26-13-11-25(12-14-26)16-18-5-3-2-4-6-18/h2-8,15,20H,9-14,16H2,1H3. The van der Waals surface area contributed by atoms with Gasteiger partial charge in [-0.05, 0) is 36.6 Å². The van der Waals surface area contributed by atoms with Crippen LogP contribution < -0.4 is 4.90 Å². The lowest BCUT2D eigenvalue weighted by molar-refractivity contribution is -0.141. The number of hydrogen-bond acceptors (Lipinski definition) is 3. The Kier molecular flexibility index (Phi) is 5.88.